The van der Waals surface area contributed by atoms with Gasteiger partial charge in [-0.1, -0.05) is 37.1 Å². The number of rotatable bonds is 8. The molecule has 4 aliphatic heterocycles. The highest BCUT2D eigenvalue weighted by atomic mass is 16.7. The second-order valence-corrected chi connectivity index (χ2v) is 16.1. The summed E-state index contributed by atoms with van der Waals surface area (Å²) in [6, 6.07) is 13.1. The Morgan fingerprint density at radius 3 is 2.54 bits per heavy atom. The Balaban J connectivity index is 1.29. The molecule has 1 spiro atoms. The van der Waals surface area contributed by atoms with Crippen molar-refractivity contribution < 1.29 is 68.6 Å². The zero-order valence-corrected chi connectivity index (χ0v) is 32.7. The standard InChI is InChI=1S/C43H43N5O13/c44-42-46-39-30(40(57)47-42)45-19-48(39)28-6-2-1-5-23(28)22-10-14-59-43(11-3-4-12-43)38-34(55)33(54)35(56)41(61-38)60-36-26(22)16-27-29(37(36)58-18-21(51)9-13-49)32(53)25-15-20(17-50)7-8-24(25)31(27)52/h1-2,5-8,13,15-16,21-22,33-35,38,41,50-51,54-56H,3-4,9-12,14,17-19H2,(H2,44,47,57)/p+1/t21-,22-,33-,34-,35+,38-,41+/m1/s1. The molecule has 2 fully saturated rings. The Kier molecular flexibility index (Phi) is 10.7. The number of fused-ring (bicyclic) bond motifs is 7. The molecule has 1 unspecified atom stereocenters. The lowest BCUT2D eigenvalue weighted by atomic mass is 9.78. The van der Waals surface area contributed by atoms with Gasteiger partial charge in [-0.05, 0) is 49.1 Å². The van der Waals surface area contributed by atoms with Gasteiger partial charge in [-0.3, -0.25) is 25.1 Å². The lowest BCUT2D eigenvalue weighted by Crippen LogP contribution is -3.09. The number of amides is 1. The van der Waals surface area contributed by atoms with Crippen molar-refractivity contribution in [1.82, 2.24) is 5.32 Å². The first-order valence-corrected chi connectivity index (χ1v) is 20.2. The average molecular weight is 839 g/mol. The van der Waals surface area contributed by atoms with Crippen LogP contribution in [0, 0.1) is 5.41 Å². The van der Waals surface area contributed by atoms with Crippen LogP contribution in [0.3, 0.4) is 0 Å². The fraction of sp³-hybridized carbons (Fsp3) is 0.419. The van der Waals surface area contributed by atoms with E-state index in [2.05, 4.69) is 15.3 Å². The number of aliphatic imine (C=N–C) groups is 2. The van der Waals surface area contributed by atoms with Crippen molar-refractivity contribution in [3.8, 4) is 11.5 Å². The summed E-state index contributed by atoms with van der Waals surface area (Å²) in [5, 5.41) is 65.6. The number of aliphatic hydroxyl groups is 5. The number of aliphatic hydroxyl groups excluding tert-OH is 5. The van der Waals surface area contributed by atoms with E-state index in [0.29, 0.717) is 40.8 Å². The minimum absolute atomic E-state index is 0.0266. The molecule has 61 heavy (non-hydrogen) atoms. The third-order valence-corrected chi connectivity index (χ3v) is 12.5. The second-order valence-electron chi connectivity index (χ2n) is 16.1. The summed E-state index contributed by atoms with van der Waals surface area (Å²) in [5.41, 5.74) is 0.487. The quantitative estimate of drug-likeness (QED) is 0.106. The van der Waals surface area contributed by atoms with E-state index in [4.69, 9.17) is 24.4 Å². The van der Waals surface area contributed by atoms with Crippen LogP contribution in [0.2, 0.25) is 0 Å². The van der Waals surface area contributed by atoms with Crippen molar-refractivity contribution in [1.29, 1.82) is 5.41 Å². The molecule has 3 aromatic carbocycles. The lowest BCUT2D eigenvalue weighted by Gasteiger charge is -2.47. The molecule has 4 heterocycles. The summed E-state index contributed by atoms with van der Waals surface area (Å²) in [4.78, 5) is 63.0. The van der Waals surface area contributed by atoms with Crippen LogP contribution in [0.1, 0.15) is 93.0 Å². The summed E-state index contributed by atoms with van der Waals surface area (Å²) in [7, 11) is 0. The van der Waals surface area contributed by atoms with Gasteiger partial charge in [-0.15, -0.1) is 0 Å². The van der Waals surface area contributed by atoms with E-state index in [1.807, 2.05) is 12.1 Å². The van der Waals surface area contributed by atoms with Crippen LogP contribution in [0.5, 0.6) is 11.5 Å². The van der Waals surface area contributed by atoms with Crippen LogP contribution < -0.4 is 19.7 Å². The number of carbonyl (C=O) groups excluding carboxylic acids is 4. The third-order valence-electron chi connectivity index (χ3n) is 12.5. The van der Waals surface area contributed by atoms with Crippen molar-refractivity contribution in [2.24, 2.45) is 9.98 Å². The molecule has 8 atom stereocenters. The number of carbonyl (C=O) groups is 4. The summed E-state index contributed by atoms with van der Waals surface area (Å²) in [5.74, 6) is -3.25. The summed E-state index contributed by atoms with van der Waals surface area (Å²) in [6.45, 7) is -0.886. The van der Waals surface area contributed by atoms with Gasteiger partial charge in [0, 0.05) is 46.8 Å². The van der Waals surface area contributed by atoms with Gasteiger partial charge >= 0.3 is 0 Å². The fourth-order valence-corrected chi connectivity index (χ4v) is 9.48. The molecule has 18 heteroatoms. The number of ether oxygens (including phenoxy) is 4. The SMILES string of the molecule is N=C1N=C2C(=NC[NH+]2c2ccccc2[C@H]2CCOC3(CCCC3)[C@@H]3O[C@H](Oc4c2cc2c(c4OC[C@H](O)CC=O)C(=O)c4cc(CO)ccc4C2=O)[C@@H](O)[C@H](O)[C@H]3O)C(=O)N1. The van der Waals surface area contributed by atoms with E-state index in [0.717, 1.165) is 12.8 Å². The number of guanidine groups is 1. The zero-order valence-electron chi connectivity index (χ0n) is 32.7. The molecule has 0 radical (unpaired) electrons. The Morgan fingerprint density at radius 1 is 0.984 bits per heavy atom. The van der Waals surface area contributed by atoms with Gasteiger partial charge in [-0.2, -0.15) is 4.99 Å². The predicted octanol–water partition coefficient (Wildman–Crippen LogP) is -0.274. The highest BCUT2D eigenvalue weighted by Crippen LogP contribution is 2.51. The number of aldehydes is 1. The van der Waals surface area contributed by atoms with Crippen molar-refractivity contribution in [2.75, 3.05) is 19.9 Å². The highest BCUT2D eigenvalue weighted by Gasteiger charge is 2.56. The molecule has 1 amide bonds. The number of hydrogen-bond donors (Lipinski definition) is 8. The van der Waals surface area contributed by atoms with Crippen LogP contribution in [0.4, 0.5) is 5.69 Å². The number of nitrogens with zero attached hydrogens (tertiary/aromatic N) is 2. The molecule has 2 bridgehead atoms. The minimum atomic E-state index is -1.85. The second kappa shape index (κ2) is 16.0. The monoisotopic (exact) mass is 838 g/mol. The summed E-state index contributed by atoms with van der Waals surface area (Å²) < 4.78 is 26.1. The first-order valence-electron chi connectivity index (χ1n) is 20.2. The van der Waals surface area contributed by atoms with E-state index < -0.39 is 79.0 Å². The van der Waals surface area contributed by atoms with E-state index in [1.54, 1.807) is 12.1 Å². The van der Waals surface area contributed by atoms with Crippen LogP contribution in [0.15, 0.2) is 58.5 Å². The van der Waals surface area contributed by atoms with Crippen molar-refractivity contribution in [3.05, 3.63) is 87.5 Å². The van der Waals surface area contributed by atoms with E-state index in [1.165, 1.54) is 24.3 Å². The molecule has 2 aliphatic carbocycles. The van der Waals surface area contributed by atoms with Gasteiger partial charge < -0.3 is 49.3 Å². The van der Waals surface area contributed by atoms with Gasteiger partial charge in [0.05, 0.1) is 23.9 Å². The Labute approximate surface area is 347 Å². The number of hydrogen-bond acceptors (Lipinski definition) is 15. The van der Waals surface area contributed by atoms with Crippen LogP contribution >= 0.6 is 0 Å². The number of ketones is 2. The fourth-order valence-electron chi connectivity index (χ4n) is 9.48. The van der Waals surface area contributed by atoms with Crippen LogP contribution in [0.25, 0.3) is 0 Å². The number of quaternary nitrogens is 1. The maximum atomic E-state index is 14.7. The number of nitrogens with one attached hydrogen (secondary N) is 3. The molecule has 1 saturated carbocycles. The van der Waals surface area contributed by atoms with E-state index in [9.17, 15) is 44.7 Å². The minimum Gasteiger partial charge on any atom is -0.486 e. The Hall–Kier alpha value is -5.57. The van der Waals surface area contributed by atoms with E-state index in [-0.39, 0.29) is 82.9 Å². The van der Waals surface area contributed by atoms with Crippen LogP contribution in [-0.2, 0) is 25.7 Å². The maximum Gasteiger partial charge on any atom is 0.284 e. The van der Waals surface area contributed by atoms with Crippen molar-refractivity contribution in [2.45, 2.75) is 93.5 Å². The van der Waals surface area contributed by atoms with Gasteiger partial charge in [0.25, 0.3) is 11.7 Å². The molecular weight excluding hydrogens is 794 g/mol. The highest BCUT2D eigenvalue weighted by molar-refractivity contribution is 6.68. The van der Waals surface area contributed by atoms with Crippen LogP contribution in [-0.4, -0.2) is 129 Å². The largest absolute Gasteiger partial charge is 0.486 e. The molecular formula is C43H44N5O13+. The van der Waals surface area contributed by atoms with Gasteiger partial charge in [-0.25, -0.2) is 9.89 Å². The van der Waals surface area contributed by atoms with E-state index >= 15 is 0 Å². The smallest absolute Gasteiger partial charge is 0.284 e. The summed E-state index contributed by atoms with van der Waals surface area (Å²) in [6.07, 6.45) is -6.75. The normalized spacial score (nSPS) is 28.2. The number of benzene rings is 3. The third kappa shape index (κ3) is 6.88. The van der Waals surface area contributed by atoms with Crippen molar-refractivity contribution >= 4 is 47.0 Å². The predicted molar refractivity (Wildman–Crippen MR) is 211 cm³/mol. The first-order chi connectivity index (χ1) is 29.4. The number of amidine groups is 1. The van der Waals surface area contributed by atoms with Gasteiger partial charge in [0.15, 0.2) is 29.7 Å². The molecule has 318 valence electrons. The Morgan fingerprint density at radius 2 is 1.77 bits per heavy atom. The van der Waals surface area contributed by atoms with Gasteiger partial charge in [0.1, 0.15) is 43.0 Å². The molecule has 18 nitrogen and oxygen atoms in total. The molecule has 1 saturated heterocycles. The molecule has 8 N–H and O–H groups in total. The van der Waals surface area contributed by atoms with Crippen molar-refractivity contribution in [3.63, 3.8) is 0 Å². The molecule has 3 aromatic rings. The molecule has 6 aliphatic rings. The summed E-state index contributed by atoms with van der Waals surface area (Å²) >= 11 is 0. The average Bonchev–Trinajstić information content (AvgIpc) is 3.91. The molecule has 0 aromatic heterocycles. The Bertz CT molecular complexity index is 2410. The van der Waals surface area contributed by atoms with Gasteiger partial charge in [0.2, 0.25) is 18.0 Å². The first kappa shape index (κ1) is 40.8. The zero-order chi connectivity index (χ0) is 42.7. The number of para-hydroxylation sites is 1. The lowest BCUT2D eigenvalue weighted by molar-refractivity contribution is -0.723. The maximum absolute atomic E-state index is 14.7. The molecule has 9 rings (SSSR count). The topological polar surface area (TPSA) is 271 Å².